The highest BCUT2D eigenvalue weighted by Gasteiger charge is 2.18. The first-order chi connectivity index (χ1) is 10.3. The normalized spacial score (nSPS) is 12.9. The summed E-state index contributed by atoms with van der Waals surface area (Å²) in [5.74, 6) is 1.30. The molecule has 6 heteroatoms. The fraction of sp³-hybridized carbons (Fsp3) is 0.200. The molecule has 6 nitrogen and oxygen atoms in total. The lowest BCUT2D eigenvalue weighted by Crippen LogP contribution is -2.21. The zero-order valence-corrected chi connectivity index (χ0v) is 11.6. The first-order valence-electron chi connectivity index (χ1n) is 6.66. The molecule has 21 heavy (non-hydrogen) atoms. The lowest BCUT2D eigenvalue weighted by atomic mass is 10.1. The van der Waals surface area contributed by atoms with E-state index in [1.54, 1.807) is 12.4 Å². The number of carbonyl (C=O) groups is 1. The monoisotopic (exact) mass is 285 g/mol. The summed E-state index contributed by atoms with van der Waals surface area (Å²) in [6.45, 7) is 2.76. The van der Waals surface area contributed by atoms with Crippen LogP contribution in [0.2, 0.25) is 0 Å². The minimum absolute atomic E-state index is 0.205. The van der Waals surface area contributed by atoms with Crippen LogP contribution in [0.25, 0.3) is 6.08 Å². The Bertz CT molecular complexity index is 677. The van der Waals surface area contributed by atoms with E-state index in [-0.39, 0.29) is 12.5 Å². The molecule has 1 amide bonds. The Hall–Kier alpha value is -2.76. The number of hydrogen-bond donors (Lipinski definition) is 2. The first kappa shape index (κ1) is 13.2. The Balaban J connectivity index is 1.81. The molecule has 3 rings (SSSR count). The first-order valence-corrected chi connectivity index (χ1v) is 6.66. The molecule has 0 fully saturated rings. The largest absolute Gasteiger partial charge is 0.494 e. The minimum atomic E-state index is -0.205. The van der Waals surface area contributed by atoms with Crippen LogP contribution in [0.4, 0.5) is 5.69 Å². The molecule has 1 aromatic heterocycles. The molecule has 0 unspecified atom stereocenters. The number of nitrogens with one attached hydrogen (secondary N) is 2. The van der Waals surface area contributed by atoms with Crippen molar-refractivity contribution in [2.45, 2.75) is 6.92 Å². The quantitative estimate of drug-likeness (QED) is 0.903. The second-order valence-electron chi connectivity index (χ2n) is 4.53. The molecule has 1 aliphatic rings. The number of aromatic amines is 1. The van der Waals surface area contributed by atoms with E-state index in [4.69, 9.17) is 9.47 Å². The van der Waals surface area contributed by atoms with Gasteiger partial charge in [-0.25, -0.2) is 0 Å². The van der Waals surface area contributed by atoms with Crippen molar-refractivity contribution in [2.24, 2.45) is 0 Å². The summed E-state index contributed by atoms with van der Waals surface area (Å²) in [6, 6.07) is 5.57. The van der Waals surface area contributed by atoms with Gasteiger partial charge in [0.1, 0.15) is 18.1 Å². The van der Waals surface area contributed by atoms with E-state index in [0.29, 0.717) is 17.9 Å². The van der Waals surface area contributed by atoms with Gasteiger partial charge in [0.15, 0.2) is 0 Å². The number of carbonyl (C=O) groups excluding carboxylic acids is 1. The molecule has 0 aliphatic carbocycles. The molecule has 0 saturated carbocycles. The summed E-state index contributed by atoms with van der Waals surface area (Å²) in [7, 11) is 0. The van der Waals surface area contributed by atoms with Gasteiger partial charge < -0.3 is 14.8 Å². The highest BCUT2D eigenvalue weighted by molar-refractivity contribution is 6.07. The number of amides is 1. The molecule has 0 atom stereocenters. The Kier molecular flexibility index (Phi) is 3.59. The van der Waals surface area contributed by atoms with E-state index in [1.165, 1.54) is 0 Å². The van der Waals surface area contributed by atoms with Crippen molar-refractivity contribution < 1.29 is 14.3 Å². The second kappa shape index (κ2) is 5.70. The standard InChI is InChI=1S/C15H15N3O3/c1-2-20-13-3-4-14-10(6-13)5-11(9-21-14)15(19)18-12-7-16-17-8-12/h3-8H,2,9H2,1H3,(H,16,17)(H,18,19). The fourth-order valence-corrected chi connectivity index (χ4v) is 2.07. The van der Waals surface area contributed by atoms with Gasteiger partial charge in [-0.15, -0.1) is 0 Å². The molecular weight excluding hydrogens is 270 g/mol. The second-order valence-corrected chi connectivity index (χ2v) is 4.53. The van der Waals surface area contributed by atoms with Crippen LogP contribution >= 0.6 is 0 Å². The van der Waals surface area contributed by atoms with Gasteiger partial charge in [-0.1, -0.05) is 0 Å². The van der Waals surface area contributed by atoms with Crippen molar-refractivity contribution in [3.63, 3.8) is 0 Å². The van der Waals surface area contributed by atoms with E-state index < -0.39 is 0 Å². The van der Waals surface area contributed by atoms with E-state index in [2.05, 4.69) is 15.5 Å². The molecule has 1 aliphatic heterocycles. The van der Waals surface area contributed by atoms with Crippen LogP contribution in [0.1, 0.15) is 12.5 Å². The highest BCUT2D eigenvalue weighted by Crippen LogP contribution is 2.30. The maximum atomic E-state index is 12.2. The Labute approximate surface area is 121 Å². The fourth-order valence-electron chi connectivity index (χ4n) is 2.07. The summed E-state index contributed by atoms with van der Waals surface area (Å²) in [4.78, 5) is 12.2. The van der Waals surface area contributed by atoms with E-state index in [9.17, 15) is 4.79 Å². The van der Waals surface area contributed by atoms with Crippen LogP contribution in [0, 0.1) is 0 Å². The number of nitrogens with zero attached hydrogens (tertiary/aromatic N) is 1. The number of hydrogen-bond acceptors (Lipinski definition) is 4. The Morgan fingerprint density at radius 2 is 2.43 bits per heavy atom. The zero-order chi connectivity index (χ0) is 14.7. The van der Waals surface area contributed by atoms with Crippen molar-refractivity contribution >= 4 is 17.7 Å². The van der Waals surface area contributed by atoms with Gasteiger partial charge in [0.05, 0.1) is 24.1 Å². The van der Waals surface area contributed by atoms with Crippen LogP contribution in [-0.2, 0) is 4.79 Å². The van der Waals surface area contributed by atoms with Crippen molar-refractivity contribution in [2.75, 3.05) is 18.5 Å². The third-order valence-corrected chi connectivity index (χ3v) is 3.05. The van der Waals surface area contributed by atoms with Gasteiger partial charge in [0, 0.05) is 11.8 Å². The van der Waals surface area contributed by atoms with Crippen LogP contribution in [0.5, 0.6) is 11.5 Å². The topological polar surface area (TPSA) is 76.2 Å². The third kappa shape index (κ3) is 2.89. The summed E-state index contributed by atoms with van der Waals surface area (Å²) in [5, 5.41) is 9.17. The van der Waals surface area contributed by atoms with Crippen LogP contribution in [0.15, 0.2) is 36.2 Å². The molecule has 2 heterocycles. The molecule has 108 valence electrons. The van der Waals surface area contributed by atoms with Crippen molar-refractivity contribution in [1.82, 2.24) is 10.2 Å². The number of H-pyrrole nitrogens is 1. The van der Waals surface area contributed by atoms with Gasteiger partial charge in [0.2, 0.25) is 0 Å². The minimum Gasteiger partial charge on any atom is -0.494 e. The van der Waals surface area contributed by atoms with Crippen molar-refractivity contribution in [3.8, 4) is 11.5 Å². The van der Waals surface area contributed by atoms with E-state index >= 15 is 0 Å². The van der Waals surface area contributed by atoms with E-state index in [1.807, 2.05) is 31.2 Å². The van der Waals surface area contributed by atoms with Crippen LogP contribution < -0.4 is 14.8 Å². The number of rotatable bonds is 4. The average molecular weight is 285 g/mol. The molecule has 2 aromatic rings. The predicted octanol–water partition coefficient (Wildman–Crippen LogP) is 2.22. The summed E-state index contributed by atoms with van der Waals surface area (Å²) in [5.41, 5.74) is 2.01. The predicted molar refractivity (Wildman–Crippen MR) is 78.3 cm³/mol. The van der Waals surface area contributed by atoms with Crippen molar-refractivity contribution in [1.29, 1.82) is 0 Å². The average Bonchev–Trinajstić information content (AvgIpc) is 3.00. The van der Waals surface area contributed by atoms with E-state index in [0.717, 1.165) is 17.1 Å². The maximum Gasteiger partial charge on any atom is 0.255 e. The molecule has 0 saturated heterocycles. The van der Waals surface area contributed by atoms with Gasteiger partial charge in [-0.3, -0.25) is 9.89 Å². The Morgan fingerprint density at radius 3 is 3.19 bits per heavy atom. The highest BCUT2D eigenvalue weighted by atomic mass is 16.5. The number of anilines is 1. The summed E-state index contributed by atoms with van der Waals surface area (Å²) >= 11 is 0. The van der Waals surface area contributed by atoms with Gasteiger partial charge in [-0.05, 0) is 31.2 Å². The number of ether oxygens (including phenoxy) is 2. The van der Waals surface area contributed by atoms with Gasteiger partial charge in [0.25, 0.3) is 5.91 Å². The number of aromatic nitrogens is 2. The van der Waals surface area contributed by atoms with Gasteiger partial charge in [-0.2, -0.15) is 5.10 Å². The lowest BCUT2D eigenvalue weighted by Gasteiger charge is -2.18. The summed E-state index contributed by atoms with van der Waals surface area (Å²) in [6.07, 6.45) is 4.98. The van der Waals surface area contributed by atoms with Crippen LogP contribution in [-0.4, -0.2) is 29.3 Å². The smallest absolute Gasteiger partial charge is 0.255 e. The Morgan fingerprint density at radius 1 is 1.52 bits per heavy atom. The molecule has 1 aromatic carbocycles. The SMILES string of the molecule is CCOc1ccc2c(c1)C=C(C(=O)Nc1cn[nH]c1)CO2. The van der Waals surface area contributed by atoms with Crippen molar-refractivity contribution in [3.05, 3.63) is 41.7 Å². The third-order valence-electron chi connectivity index (χ3n) is 3.05. The molecule has 0 bridgehead atoms. The molecule has 0 spiro atoms. The molecule has 0 radical (unpaired) electrons. The molecule has 2 N–H and O–H groups in total. The summed E-state index contributed by atoms with van der Waals surface area (Å²) < 4.78 is 11.1. The maximum absolute atomic E-state index is 12.2. The number of fused-ring (bicyclic) bond motifs is 1. The van der Waals surface area contributed by atoms with Gasteiger partial charge >= 0.3 is 0 Å². The van der Waals surface area contributed by atoms with Crippen LogP contribution in [0.3, 0.4) is 0 Å². The number of benzene rings is 1. The lowest BCUT2D eigenvalue weighted by molar-refractivity contribution is -0.113. The molecular formula is C15H15N3O3. The zero-order valence-electron chi connectivity index (χ0n) is 11.6.